The molecule has 33 heavy (non-hydrogen) atoms. The number of hydrogen-bond donors (Lipinski definition) is 4. The minimum absolute atomic E-state index is 0.159. The van der Waals surface area contributed by atoms with Crippen LogP contribution in [0.15, 0.2) is 53.3 Å². The number of rotatable bonds is 7. The van der Waals surface area contributed by atoms with Gasteiger partial charge in [-0.15, -0.1) is 0 Å². The van der Waals surface area contributed by atoms with E-state index in [1.54, 1.807) is 31.2 Å². The van der Waals surface area contributed by atoms with Gasteiger partial charge in [0.15, 0.2) is 0 Å². The first-order valence-electron chi connectivity index (χ1n) is 9.69. The lowest BCUT2D eigenvalue weighted by Gasteiger charge is -2.10. The van der Waals surface area contributed by atoms with Gasteiger partial charge in [-0.1, -0.05) is 35.3 Å². The highest BCUT2D eigenvalue weighted by Gasteiger charge is 2.13. The molecule has 0 radical (unpaired) electrons. The van der Waals surface area contributed by atoms with Crippen molar-refractivity contribution >= 4 is 46.6 Å². The third kappa shape index (κ3) is 6.90. The van der Waals surface area contributed by atoms with Crippen molar-refractivity contribution < 1.29 is 14.4 Å². The van der Waals surface area contributed by atoms with E-state index in [2.05, 4.69) is 25.9 Å². The number of anilines is 1. The Bertz CT molecular complexity index is 1280. The molecule has 0 saturated heterocycles. The predicted molar refractivity (Wildman–Crippen MR) is 125 cm³/mol. The highest BCUT2D eigenvalue weighted by atomic mass is 35.5. The summed E-state index contributed by atoms with van der Waals surface area (Å²) in [6.07, 6.45) is 0. The molecule has 9 nitrogen and oxygen atoms in total. The normalized spacial score (nSPS) is 10.4. The van der Waals surface area contributed by atoms with Crippen LogP contribution in [-0.4, -0.2) is 40.8 Å². The summed E-state index contributed by atoms with van der Waals surface area (Å²) in [7, 11) is 0. The molecule has 1 heterocycles. The number of H-pyrrole nitrogens is 1. The minimum atomic E-state index is -0.557. The average Bonchev–Trinajstić information content (AvgIpc) is 2.75. The van der Waals surface area contributed by atoms with Crippen molar-refractivity contribution in [3.8, 4) is 11.4 Å². The number of benzene rings is 2. The number of nitrogens with zero attached hydrogens (tertiary/aromatic N) is 1. The van der Waals surface area contributed by atoms with E-state index in [-0.39, 0.29) is 29.2 Å². The van der Waals surface area contributed by atoms with Gasteiger partial charge in [-0.25, -0.2) is 4.98 Å². The fourth-order valence-electron chi connectivity index (χ4n) is 2.84. The summed E-state index contributed by atoms with van der Waals surface area (Å²) in [5.41, 5.74) is 1.54. The van der Waals surface area contributed by atoms with Crippen molar-refractivity contribution in [3.63, 3.8) is 0 Å². The Kier molecular flexibility index (Phi) is 7.81. The first kappa shape index (κ1) is 24.0. The molecule has 3 aromatic rings. The summed E-state index contributed by atoms with van der Waals surface area (Å²) in [6, 6.07) is 12.5. The van der Waals surface area contributed by atoms with Crippen molar-refractivity contribution in [2.75, 3.05) is 18.4 Å². The van der Waals surface area contributed by atoms with Gasteiger partial charge < -0.3 is 20.9 Å². The summed E-state index contributed by atoms with van der Waals surface area (Å²) in [5.74, 6) is -1.20. The van der Waals surface area contributed by atoms with Gasteiger partial charge in [0.2, 0.25) is 11.8 Å². The maximum Gasteiger partial charge on any atom is 0.253 e. The van der Waals surface area contributed by atoms with Crippen LogP contribution in [-0.2, 0) is 9.59 Å². The standard InChI is InChI=1S/C22H19Cl2N5O4/c1-12-7-18(30)29-21(27-12)13-3-2-4-15(8-13)28-20(32)11-25-19(31)10-26-22(33)16-6-5-14(23)9-17(16)24/h2-9H,10-11H2,1H3,(H,25,31)(H,26,33)(H,28,32)(H,27,29,30). The van der Waals surface area contributed by atoms with Gasteiger partial charge in [0.05, 0.1) is 23.7 Å². The quantitative estimate of drug-likeness (QED) is 0.406. The molecule has 170 valence electrons. The summed E-state index contributed by atoms with van der Waals surface area (Å²) < 4.78 is 0. The molecule has 0 aliphatic carbocycles. The zero-order valence-corrected chi connectivity index (χ0v) is 18.9. The minimum Gasteiger partial charge on any atom is -0.345 e. The number of hydrogen-bond acceptors (Lipinski definition) is 5. The van der Waals surface area contributed by atoms with E-state index in [1.165, 1.54) is 24.3 Å². The molecular formula is C22H19Cl2N5O4. The van der Waals surface area contributed by atoms with Gasteiger partial charge in [0, 0.05) is 28.0 Å². The number of aromatic nitrogens is 2. The van der Waals surface area contributed by atoms with Crippen molar-refractivity contribution in [3.05, 3.63) is 80.2 Å². The number of carbonyl (C=O) groups excluding carboxylic acids is 3. The number of nitrogens with one attached hydrogen (secondary N) is 4. The fourth-order valence-corrected chi connectivity index (χ4v) is 3.33. The molecule has 0 unspecified atom stereocenters. The monoisotopic (exact) mass is 487 g/mol. The molecule has 0 saturated carbocycles. The zero-order chi connectivity index (χ0) is 24.0. The summed E-state index contributed by atoms with van der Waals surface area (Å²) in [5, 5.41) is 8.03. The van der Waals surface area contributed by atoms with Crippen molar-refractivity contribution in [1.82, 2.24) is 20.6 Å². The van der Waals surface area contributed by atoms with Gasteiger partial charge in [0.25, 0.3) is 11.5 Å². The van der Waals surface area contributed by atoms with E-state index < -0.39 is 17.7 Å². The first-order valence-corrected chi connectivity index (χ1v) is 10.4. The van der Waals surface area contributed by atoms with E-state index >= 15 is 0 Å². The molecule has 2 aromatic carbocycles. The lowest BCUT2D eigenvalue weighted by Crippen LogP contribution is -2.40. The Labute approximate surface area is 198 Å². The van der Waals surface area contributed by atoms with E-state index in [4.69, 9.17) is 23.2 Å². The van der Waals surface area contributed by atoms with Crippen molar-refractivity contribution in [2.45, 2.75) is 6.92 Å². The molecule has 0 fully saturated rings. The second-order valence-electron chi connectivity index (χ2n) is 6.95. The number of carbonyl (C=O) groups is 3. The third-order valence-electron chi connectivity index (χ3n) is 4.32. The predicted octanol–water partition coefficient (Wildman–Crippen LogP) is 2.54. The van der Waals surface area contributed by atoms with Gasteiger partial charge >= 0.3 is 0 Å². The van der Waals surface area contributed by atoms with Crippen LogP contribution in [0.5, 0.6) is 0 Å². The second-order valence-corrected chi connectivity index (χ2v) is 7.79. The SMILES string of the molecule is Cc1cc(=O)[nH]c(-c2cccc(NC(=O)CNC(=O)CNC(=O)c3ccc(Cl)cc3Cl)c2)n1. The topological polar surface area (TPSA) is 133 Å². The Morgan fingerprint density at radius 1 is 0.970 bits per heavy atom. The molecule has 3 rings (SSSR count). The van der Waals surface area contributed by atoms with Gasteiger partial charge in [0.1, 0.15) is 5.82 Å². The highest BCUT2D eigenvalue weighted by molar-refractivity contribution is 6.36. The van der Waals surface area contributed by atoms with Crippen molar-refractivity contribution in [1.29, 1.82) is 0 Å². The first-order chi connectivity index (χ1) is 15.7. The van der Waals surface area contributed by atoms with Crippen LogP contribution in [0.4, 0.5) is 5.69 Å². The Morgan fingerprint density at radius 3 is 2.45 bits per heavy atom. The van der Waals surface area contributed by atoms with Crippen LogP contribution >= 0.6 is 23.2 Å². The Balaban J connectivity index is 1.50. The van der Waals surface area contributed by atoms with Gasteiger partial charge in [-0.05, 0) is 37.3 Å². The number of aryl methyl sites for hydroxylation is 1. The molecule has 11 heteroatoms. The molecule has 3 amide bonds. The maximum absolute atomic E-state index is 12.2. The van der Waals surface area contributed by atoms with Crippen LogP contribution in [0.1, 0.15) is 16.1 Å². The lowest BCUT2D eigenvalue weighted by atomic mass is 10.2. The number of aromatic amines is 1. The molecule has 0 atom stereocenters. The largest absolute Gasteiger partial charge is 0.345 e. The van der Waals surface area contributed by atoms with Gasteiger partial charge in [-0.2, -0.15) is 0 Å². The van der Waals surface area contributed by atoms with E-state index in [9.17, 15) is 19.2 Å². The molecule has 4 N–H and O–H groups in total. The van der Waals surface area contributed by atoms with E-state index in [0.29, 0.717) is 27.8 Å². The lowest BCUT2D eigenvalue weighted by molar-refractivity contribution is -0.123. The van der Waals surface area contributed by atoms with Crippen LogP contribution < -0.4 is 21.5 Å². The molecule has 1 aromatic heterocycles. The fraction of sp³-hybridized carbons (Fsp3) is 0.136. The summed E-state index contributed by atoms with van der Waals surface area (Å²) >= 11 is 11.8. The molecule has 0 aliphatic rings. The molecular weight excluding hydrogens is 469 g/mol. The number of amides is 3. The maximum atomic E-state index is 12.2. The Hall–Kier alpha value is -3.69. The highest BCUT2D eigenvalue weighted by Crippen LogP contribution is 2.21. The van der Waals surface area contributed by atoms with Crippen LogP contribution in [0, 0.1) is 6.92 Å². The van der Waals surface area contributed by atoms with E-state index in [0.717, 1.165) is 0 Å². The molecule has 0 aliphatic heterocycles. The van der Waals surface area contributed by atoms with Crippen molar-refractivity contribution in [2.24, 2.45) is 0 Å². The van der Waals surface area contributed by atoms with E-state index in [1.807, 2.05) is 0 Å². The zero-order valence-electron chi connectivity index (χ0n) is 17.4. The number of halogens is 2. The third-order valence-corrected chi connectivity index (χ3v) is 4.87. The van der Waals surface area contributed by atoms with Crippen LogP contribution in [0.25, 0.3) is 11.4 Å². The summed E-state index contributed by atoms with van der Waals surface area (Å²) in [4.78, 5) is 54.9. The van der Waals surface area contributed by atoms with Gasteiger partial charge in [-0.3, -0.25) is 19.2 Å². The van der Waals surface area contributed by atoms with Crippen LogP contribution in [0.3, 0.4) is 0 Å². The molecule has 0 spiro atoms. The Morgan fingerprint density at radius 2 is 1.73 bits per heavy atom. The average molecular weight is 488 g/mol. The smallest absolute Gasteiger partial charge is 0.253 e. The molecule has 0 bridgehead atoms. The second kappa shape index (κ2) is 10.8. The van der Waals surface area contributed by atoms with Crippen LogP contribution in [0.2, 0.25) is 10.0 Å². The summed E-state index contributed by atoms with van der Waals surface area (Å²) in [6.45, 7) is 1.06.